The first-order valence-corrected chi connectivity index (χ1v) is 7.00. The minimum Gasteiger partial charge on any atom is -0.497 e. The summed E-state index contributed by atoms with van der Waals surface area (Å²) in [6.45, 7) is 3.77. The zero-order valence-corrected chi connectivity index (χ0v) is 13.6. The van der Waals surface area contributed by atoms with Gasteiger partial charge < -0.3 is 20.3 Å². The van der Waals surface area contributed by atoms with E-state index in [9.17, 15) is 9.59 Å². The Morgan fingerprint density at radius 3 is 2.32 bits per heavy atom. The molecule has 2 amide bonds. The number of carbonyl (C=O) groups excluding carboxylic acids is 2. The normalized spacial score (nSPS) is 15.8. The number of amides is 2. The van der Waals surface area contributed by atoms with Crippen molar-refractivity contribution in [2.24, 2.45) is 5.73 Å². The highest BCUT2D eigenvalue weighted by atomic mass is 35.5. The van der Waals surface area contributed by atoms with Crippen molar-refractivity contribution in [3.8, 4) is 5.75 Å². The van der Waals surface area contributed by atoms with Crippen LogP contribution in [0.25, 0.3) is 0 Å². The van der Waals surface area contributed by atoms with Crippen LogP contribution in [-0.4, -0.2) is 60.9 Å². The van der Waals surface area contributed by atoms with E-state index in [4.69, 9.17) is 10.5 Å². The Bertz CT molecular complexity index is 529. The van der Waals surface area contributed by atoms with Crippen LogP contribution < -0.4 is 10.5 Å². The van der Waals surface area contributed by atoms with Gasteiger partial charge in [0, 0.05) is 31.7 Å². The minimum atomic E-state index is -0.495. The van der Waals surface area contributed by atoms with E-state index in [0.29, 0.717) is 37.5 Å². The number of ether oxygens (including phenoxy) is 1. The molecule has 0 bridgehead atoms. The first kappa shape index (κ1) is 18.3. The molecule has 1 saturated heterocycles. The second-order valence-electron chi connectivity index (χ2n) is 5.14. The van der Waals surface area contributed by atoms with Crippen LogP contribution in [0.2, 0.25) is 0 Å². The lowest BCUT2D eigenvalue weighted by Gasteiger charge is -2.35. The fourth-order valence-corrected chi connectivity index (χ4v) is 2.36. The van der Waals surface area contributed by atoms with Gasteiger partial charge in [0.05, 0.1) is 13.2 Å². The number of nitrogens with two attached hydrogens (primary N) is 1. The van der Waals surface area contributed by atoms with Crippen molar-refractivity contribution in [1.82, 2.24) is 9.80 Å². The Morgan fingerprint density at radius 2 is 1.77 bits per heavy atom. The summed E-state index contributed by atoms with van der Waals surface area (Å²) in [7, 11) is 1.57. The van der Waals surface area contributed by atoms with Gasteiger partial charge in [-0.1, -0.05) is 6.07 Å². The van der Waals surface area contributed by atoms with E-state index in [0.717, 1.165) is 0 Å². The van der Waals surface area contributed by atoms with Crippen molar-refractivity contribution >= 4 is 24.2 Å². The van der Waals surface area contributed by atoms with Gasteiger partial charge in [-0.05, 0) is 25.1 Å². The number of benzene rings is 1. The summed E-state index contributed by atoms with van der Waals surface area (Å²) in [5, 5.41) is 0. The molecule has 1 fully saturated rings. The minimum absolute atomic E-state index is 0. The molecule has 122 valence electrons. The topological polar surface area (TPSA) is 75.9 Å². The van der Waals surface area contributed by atoms with Gasteiger partial charge in [-0.2, -0.15) is 0 Å². The summed E-state index contributed by atoms with van der Waals surface area (Å²) < 4.78 is 5.13. The number of piperazine rings is 1. The molecule has 1 atom stereocenters. The predicted molar refractivity (Wildman–Crippen MR) is 86.4 cm³/mol. The highest BCUT2D eigenvalue weighted by Crippen LogP contribution is 2.15. The summed E-state index contributed by atoms with van der Waals surface area (Å²) >= 11 is 0. The van der Waals surface area contributed by atoms with Gasteiger partial charge in [0.2, 0.25) is 5.91 Å². The van der Waals surface area contributed by atoms with Gasteiger partial charge in [-0.3, -0.25) is 9.59 Å². The molecule has 1 aromatic rings. The quantitative estimate of drug-likeness (QED) is 0.889. The van der Waals surface area contributed by atoms with Crippen LogP contribution in [0, 0.1) is 0 Å². The summed E-state index contributed by atoms with van der Waals surface area (Å²) in [6, 6.07) is 6.59. The number of rotatable bonds is 3. The zero-order chi connectivity index (χ0) is 15.4. The largest absolute Gasteiger partial charge is 0.497 e. The zero-order valence-electron chi connectivity index (χ0n) is 12.8. The maximum Gasteiger partial charge on any atom is 0.254 e. The van der Waals surface area contributed by atoms with Gasteiger partial charge in [0.25, 0.3) is 5.91 Å². The van der Waals surface area contributed by atoms with Crippen molar-refractivity contribution in [2.75, 3.05) is 33.3 Å². The molecular weight excluding hydrogens is 306 g/mol. The van der Waals surface area contributed by atoms with Gasteiger partial charge >= 0.3 is 0 Å². The molecule has 6 nitrogen and oxygen atoms in total. The lowest BCUT2D eigenvalue weighted by atomic mass is 10.1. The average Bonchev–Trinajstić information content (AvgIpc) is 2.53. The standard InChI is InChI=1S/C15H21N3O3.ClH/c1-11(16)14(19)17-6-8-18(9-7-17)15(20)12-4-3-5-13(10-12)21-2;/h3-5,10-11H,6-9,16H2,1-2H3;1H/t11-;/m1./s1. The molecule has 22 heavy (non-hydrogen) atoms. The second-order valence-corrected chi connectivity index (χ2v) is 5.14. The maximum absolute atomic E-state index is 12.4. The molecular formula is C15H22ClN3O3. The fourth-order valence-electron chi connectivity index (χ4n) is 2.36. The molecule has 0 spiro atoms. The molecule has 0 aliphatic carbocycles. The van der Waals surface area contributed by atoms with E-state index in [1.165, 1.54) is 0 Å². The molecule has 1 heterocycles. The summed E-state index contributed by atoms with van der Waals surface area (Å²) in [5.74, 6) is 0.553. The van der Waals surface area contributed by atoms with E-state index < -0.39 is 6.04 Å². The average molecular weight is 328 g/mol. The monoisotopic (exact) mass is 327 g/mol. The second kappa shape index (κ2) is 8.00. The van der Waals surface area contributed by atoms with Gasteiger partial charge in [0.15, 0.2) is 0 Å². The fraction of sp³-hybridized carbons (Fsp3) is 0.467. The molecule has 0 saturated carbocycles. The van der Waals surface area contributed by atoms with Crippen LogP contribution in [0.4, 0.5) is 0 Å². The third-order valence-corrected chi connectivity index (χ3v) is 3.58. The summed E-state index contributed by atoms with van der Waals surface area (Å²) in [6.07, 6.45) is 0. The Balaban J connectivity index is 0.00000242. The molecule has 0 unspecified atom stereocenters. The third-order valence-electron chi connectivity index (χ3n) is 3.58. The van der Waals surface area contributed by atoms with Crippen molar-refractivity contribution in [3.05, 3.63) is 29.8 Å². The van der Waals surface area contributed by atoms with Crippen molar-refractivity contribution in [3.63, 3.8) is 0 Å². The number of carbonyl (C=O) groups is 2. The van der Waals surface area contributed by atoms with Crippen LogP contribution >= 0.6 is 12.4 Å². The number of nitrogens with zero attached hydrogens (tertiary/aromatic N) is 2. The molecule has 2 N–H and O–H groups in total. The Labute approximate surface area is 136 Å². The van der Waals surface area contributed by atoms with Crippen LogP contribution in [0.1, 0.15) is 17.3 Å². The van der Waals surface area contributed by atoms with E-state index >= 15 is 0 Å². The van der Waals surface area contributed by atoms with E-state index in [2.05, 4.69) is 0 Å². The lowest BCUT2D eigenvalue weighted by Crippen LogP contribution is -2.53. The summed E-state index contributed by atoms with van der Waals surface area (Å²) in [4.78, 5) is 27.7. The van der Waals surface area contributed by atoms with Crippen LogP contribution in [0.3, 0.4) is 0 Å². The van der Waals surface area contributed by atoms with E-state index in [-0.39, 0.29) is 24.2 Å². The highest BCUT2D eigenvalue weighted by molar-refractivity contribution is 5.94. The molecule has 7 heteroatoms. The predicted octanol–water partition coefficient (Wildman–Crippen LogP) is 0.749. The Morgan fingerprint density at radius 1 is 1.18 bits per heavy atom. The molecule has 1 aliphatic rings. The van der Waals surface area contributed by atoms with Gasteiger partial charge in [-0.25, -0.2) is 0 Å². The third kappa shape index (κ3) is 4.11. The molecule has 0 radical (unpaired) electrons. The Kier molecular flexibility index (Phi) is 6.64. The Hall–Kier alpha value is -1.79. The highest BCUT2D eigenvalue weighted by Gasteiger charge is 2.26. The van der Waals surface area contributed by atoms with Crippen molar-refractivity contribution < 1.29 is 14.3 Å². The molecule has 2 rings (SSSR count). The van der Waals surface area contributed by atoms with E-state index in [1.807, 2.05) is 0 Å². The molecule has 0 aromatic heterocycles. The van der Waals surface area contributed by atoms with Crippen molar-refractivity contribution in [2.45, 2.75) is 13.0 Å². The van der Waals surface area contributed by atoms with Gasteiger partial charge in [0.1, 0.15) is 5.75 Å². The number of halogens is 1. The molecule has 1 aromatic carbocycles. The van der Waals surface area contributed by atoms with E-state index in [1.54, 1.807) is 48.1 Å². The number of hydrogen-bond acceptors (Lipinski definition) is 4. The SMILES string of the molecule is COc1cccc(C(=O)N2CCN(C(=O)[C@@H](C)N)CC2)c1.Cl. The maximum atomic E-state index is 12.4. The number of methoxy groups -OCH3 is 1. The lowest BCUT2D eigenvalue weighted by molar-refractivity contribution is -0.133. The van der Waals surface area contributed by atoms with Crippen LogP contribution in [-0.2, 0) is 4.79 Å². The van der Waals surface area contributed by atoms with Crippen LogP contribution in [0.5, 0.6) is 5.75 Å². The summed E-state index contributed by atoms with van der Waals surface area (Å²) in [5.41, 5.74) is 6.20. The first-order chi connectivity index (χ1) is 10.0. The smallest absolute Gasteiger partial charge is 0.254 e. The molecule has 1 aliphatic heterocycles. The van der Waals surface area contributed by atoms with Crippen molar-refractivity contribution in [1.29, 1.82) is 0 Å². The van der Waals surface area contributed by atoms with Crippen LogP contribution in [0.15, 0.2) is 24.3 Å². The number of hydrogen-bond donors (Lipinski definition) is 1. The van der Waals surface area contributed by atoms with Gasteiger partial charge in [-0.15, -0.1) is 12.4 Å². The first-order valence-electron chi connectivity index (χ1n) is 7.00.